The fourth-order valence-electron chi connectivity index (χ4n) is 2.18. The minimum atomic E-state index is -3.53. The fourth-order valence-corrected chi connectivity index (χ4v) is 3.26. The Hall–Kier alpha value is -2.45. The van der Waals surface area contributed by atoms with Gasteiger partial charge in [0.2, 0.25) is 10.0 Å². The molecule has 8 heteroatoms. The second-order valence-electron chi connectivity index (χ2n) is 5.91. The van der Waals surface area contributed by atoms with E-state index in [1.54, 1.807) is 12.1 Å². The van der Waals surface area contributed by atoms with Gasteiger partial charge in [-0.05, 0) is 48.4 Å². The van der Waals surface area contributed by atoms with E-state index in [-0.39, 0.29) is 29.8 Å². The van der Waals surface area contributed by atoms with E-state index in [1.807, 2.05) is 6.92 Å². The summed E-state index contributed by atoms with van der Waals surface area (Å²) < 4.78 is 44.9. The third kappa shape index (κ3) is 6.99. The van der Waals surface area contributed by atoms with Crippen LogP contribution < -0.4 is 14.8 Å². The van der Waals surface area contributed by atoms with Gasteiger partial charge in [0.1, 0.15) is 11.6 Å². The second-order valence-corrected chi connectivity index (χ2v) is 7.68. The minimum absolute atomic E-state index is 0.145. The van der Waals surface area contributed by atoms with Crippen molar-refractivity contribution in [1.29, 1.82) is 0 Å². The number of rotatable bonds is 10. The molecule has 0 aliphatic heterocycles. The van der Waals surface area contributed by atoms with Crippen molar-refractivity contribution >= 4 is 15.9 Å². The first kappa shape index (κ1) is 20.9. The molecule has 0 heterocycles. The Morgan fingerprint density at radius 3 is 2.37 bits per heavy atom. The molecule has 2 aromatic rings. The van der Waals surface area contributed by atoms with E-state index in [4.69, 9.17) is 4.74 Å². The highest BCUT2D eigenvalue weighted by Gasteiger charge is 2.13. The van der Waals surface area contributed by atoms with E-state index in [2.05, 4.69) is 10.0 Å². The molecule has 0 saturated heterocycles. The zero-order valence-corrected chi connectivity index (χ0v) is 15.9. The van der Waals surface area contributed by atoms with Crippen LogP contribution in [0.25, 0.3) is 0 Å². The van der Waals surface area contributed by atoms with E-state index < -0.39 is 10.0 Å². The number of sulfonamides is 1. The number of nitrogens with one attached hydrogen (secondary N) is 2. The largest absolute Gasteiger partial charge is 0.484 e. The fraction of sp³-hybridized carbons (Fsp3) is 0.316. The van der Waals surface area contributed by atoms with Crippen LogP contribution in [0.1, 0.15) is 25.3 Å². The van der Waals surface area contributed by atoms with Crippen LogP contribution >= 0.6 is 0 Å². The maximum atomic E-state index is 12.8. The van der Waals surface area contributed by atoms with Crippen LogP contribution in [0.5, 0.6) is 5.75 Å². The zero-order chi connectivity index (χ0) is 19.7. The van der Waals surface area contributed by atoms with E-state index >= 15 is 0 Å². The highest BCUT2D eigenvalue weighted by molar-refractivity contribution is 7.89. The molecule has 146 valence electrons. The normalized spacial score (nSPS) is 11.2. The SMILES string of the molecule is CCCCNS(=O)(=O)c1ccc(OCC(=O)NCc2ccc(F)cc2)cc1. The van der Waals surface area contributed by atoms with Crippen molar-refractivity contribution in [1.82, 2.24) is 10.0 Å². The topological polar surface area (TPSA) is 84.5 Å². The lowest BCUT2D eigenvalue weighted by Crippen LogP contribution is -2.28. The number of carbonyl (C=O) groups excluding carboxylic acids is 1. The summed E-state index contributed by atoms with van der Waals surface area (Å²) in [6.07, 6.45) is 1.67. The average Bonchev–Trinajstić information content (AvgIpc) is 2.66. The van der Waals surface area contributed by atoms with Gasteiger partial charge in [0.15, 0.2) is 6.61 Å². The molecule has 2 rings (SSSR count). The van der Waals surface area contributed by atoms with Crippen molar-refractivity contribution in [3.05, 3.63) is 59.9 Å². The number of ether oxygens (including phenoxy) is 1. The molecular formula is C19H23FN2O4S. The first-order valence-electron chi connectivity index (χ1n) is 8.64. The molecule has 0 radical (unpaired) electrons. The molecule has 0 spiro atoms. The summed E-state index contributed by atoms with van der Waals surface area (Å²) in [7, 11) is -3.53. The molecule has 0 aliphatic rings. The lowest BCUT2D eigenvalue weighted by atomic mass is 10.2. The zero-order valence-electron chi connectivity index (χ0n) is 15.1. The molecule has 0 fully saturated rings. The molecule has 27 heavy (non-hydrogen) atoms. The summed E-state index contributed by atoms with van der Waals surface area (Å²) in [5.74, 6) is -0.281. The number of unbranched alkanes of at least 4 members (excludes halogenated alkanes) is 1. The number of hydrogen-bond acceptors (Lipinski definition) is 4. The van der Waals surface area contributed by atoms with Gasteiger partial charge >= 0.3 is 0 Å². The maximum absolute atomic E-state index is 12.8. The maximum Gasteiger partial charge on any atom is 0.258 e. The predicted molar refractivity (Wildman–Crippen MR) is 100 cm³/mol. The second kappa shape index (κ2) is 10.0. The first-order chi connectivity index (χ1) is 12.9. The third-order valence-electron chi connectivity index (χ3n) is 3.73. The van der Waals surface area contributed by atoms with Crippen LogP contribution in [0.2, 0.25) is 0 Å². The van der Waals surface area contributed by atoms with Gasteiger partial charge in [-0.1, -0.05) is 25.5 Å². The smallest absolute Gasteiger partial charge is 0.258 e. The van der Waals surface area contributed by atoms with Gasteiger partial charge in [-0.2, -0.15) is 0 Å². The van der Waals surface area contributed by atoms with Crippen molar-refractivity contribution in [2.24, 2.45) is 0 Å². The molecule has 0 aliphatic carbocycles. The summed E-state index contributed by atoms with van der Waals surface area (Å²) in [5.41, 5.74) is 0.773. The summed E-state index contributed by atoms with van der Waals surface area (Å²) in [4.78, 5) is 12.0. The molecule has 0 unspecified atom stereocenters. The standard InChI is InChI=1S/C19H23FN2O4S/c1-2-3-12-22-27(24,25)18-10-8-17(9-11-18)26-14-19(23)21-13-15-4-6-16(20)7-5-15/h4-11,22H,2-3,12-14H2,1H3,(H,21,23). The van der Waals surface area contributed by atoms with Gasteiger partial charge < -0.3 is 10.1 Å². The molecular weight excluding hydrogens is 371 g/mol. The summed E-state index contributed by atoms with van der Waals surface area (Å²) >= 11 is 0. The van der Waals surface area contributed by atoms with Crippen molar-refractivity contribution in [2.75, 3.05) is 13.2 Å². The predicted octanol–water partition coefficient (Wildman–Crippen LogP) is 2.60. The van der Waals surface area contributed by atoms with Gasteiger partial charge in [-0.15, -0.1) is 0 Å². The van der Waals surface area contributed by atoms with Gasteiger partial charge in [-0.25, -0.2) is 17.5 Å². The molecule has 2 N–H and O–H groups in total. The lowest BCUT2D eigenvalue weighted by Gasteiger charge is -2.09. The van der Waals surface area contributed by atoms with Gasteiger partial charge in [0.25, 0.3) is 5.91 Å². The highest BCUT2D eigenvalue weighted by atomic mass is 32.2. The van der Waals surface area contributed by atoms with Crippen molar-refractivity contribution in [3.8, 4) is 5.75 Å². The number of amides is 1. The Morgan fingerprint density at radius 2 is 1.74 bits per heavy atom. The Bertz CT molecular complexity index is 837. The Labute approximate surface area is 158 Å². The first-order valence-corrected chi connectivity index (χ1v) is 10.1. The van der Waals surface area contributed by atoms with Gasteiger partial charge in [-0.3, -0.25) is 4.79 Å². The molecule has 0 aromatic heterocycles. The molecule has 6 nitrogen and oxygen atoms in total. The van der Waals surface area contributed by atoms with Crippen LogP contribution in [-0.4, -0.2) is 27.5 Å². The highest BCUT2D eigenvalue weighted by Crippen LogP contribution is 2.16. The van der Waals surface area contributed by atoms with E-state index in [0.29, 0.717) is 12.3 Å². The van der Waals surface area contributed by atoms with E-state index in [1.165, 1.54) is 36.4 Å². The van der Waals surface area contributed by atoms with Crippen LogP contribution in [0, 0.1) is 5.82 Å². The molecule has 1 amide bonds. The quantitative estimate of drug-likeness (QED) is 0.607. The average molecular weight is 394 g/mol. The summed E-state index contributed by atoms with van der Waals surface area (Å²) in [6, 6.07) is 11.7. The van der Waals surface area contributed by atoms with Gasteiger partial charge in [0, 0.05) is 13.1 Å². The Kier molecular flexibility index (Phi) is 7.75. The van der Waals surface area contributed by atoms with Gasteiger partial charge in [0.05, 0.1) is 4.90 Å². The van der Waals surface area contributed by atoms with Crippen LogP contribution in [0.4, 0.5) is 4.39 Å². The molecule has 0 saturated carbocycles. The number of hydrogen-bond donors (Lipinski definition) is 2. The molecule has 2 aromatic carbocycles. The monoisotopic (exact) mass is 394 g/mol. The van der Waals surface area contributed by atoms with E-state index in [0.717, 1.165) is 18.4 Å². The number of halogens is 1. The van der Waals surface area contributed by atoms with Crippen LogP contribution in [0.3, 0.4) is 0 Å². The Morgan fingerprint density at radius 1 is 1.07 bits per heavy atom. The number of carbonyl (C=O) groups is 1. The van der Waals surface area contributed by atoms with Crippen LogP contribution in [-0.2, 0) is 21.4 Å². The third-order valence-corrected chi connectivity index (χ3v) is 5.21. The molecule has 0 atom stereocenters. The lowest BCUT2D eigenvalue weighted by molar-refractivity contribution is -0.123. The summed E-state index contributed by atoms with van der Waals surface area (Å²) in [5, 5.41) is 2.66. The van der Waals surface area contributed by atoms with Crippen molar-refractivity contribution < 1.29 is 22.3 Å². The molecule has 0 bridgehead atoms. The van der Waals surface area contributed by atoms with Crippen molar-refractivity contribution in [2.45, 2.75) is 31.2 Å². The summed E-state index contributed by atoms with van der Waals surface area (Å²) in [6.45, 7) is 2.44. The number of benzene rings is 2. The van der Waals surface area contributed by atoms with E-state index in [9.17, 15) is 17.6 Å². The Balaban J connectivity index is 1.80. The minimum Gasteiger partial charge on any atom is -0.484 e. The van der Waals surface area contributed by atoms with Crippen molar-refractivity contribution in [3.63, 3.8) is 0 Å². The van der Waals surface area contributed by atoms with Crippen LogP contribution in [0.15, 0.2) is 53.4 Å².